The lowest BCUT2D eigenvalue weighted by molar-refractivity contribution is -0.148. The molecule has 1 atom stereocenters. The minimum absolute atomic E-state index is 0.0449. The fourth-order valence-electron chi connectivity index (χ4n) is 3.90. The molecule has 1 N–H and O–H groups in total. The van der Waals surface area contributed by atoms with Crippen LogP contribution >= 0.6 is 0 Å². The zero-order valence-electron chi connectivity index (χ0n) is 21.4. The molecule has 0 fully saturated rings. The fourth-order valence-corrected chi connectivity index (χ4v) is 3.90. The van der Waals surface area contributed by atoms with Gasteiger partial charge in [0, 0.05) is 24.5 Å². The Labute approximate surface area is 226 Å². The summed E-state index contributed by atoms with van der Waals surface area (Å²) in [6, 6.07) is 23.6. The Bertz CT molecular complexity index is 1500. The van der Waals surface area contributed by atoms with Crippen molar-refractivity contribution in [3.05, 3.63) is 125 Å². The molecule has 0 aliphatic heterocycles. The SMILES string of the molecule is Cc1ccc(C(=O)c2nccn2CC=Cc2cccc(COCC(Oc3ccccc3)C(=O)O)c2C#N)cc1. The molecule has 0 aliphatic rings. The highest BCUT2D eigenvalue weighted by molar-refractivity contribution is 6.06. The van der Waals surface area contributed by atoms with Crippen LogP contribution in [0.15, 0.2) is 91.3 Å². The highest BCUT2D eigenvalue weighted by Crippen LogP contribution is 2.18. The fraction of sp³-hybridized carbons (Fsp3) is 0.161. The van der Waals surface area contributed by atoms with Gasteiger partial charge in [-0.05, 0) is 30.2 Å². The number of rotatable bonds is 12. The molecule has 8 heteroatoms. The molecule has 1 heterocycles. The summed E-state index contributed by atoms with van der Waals surface area (Å²) in [6.07, 6.45) is 5.79. The van der Waals surface area contributed by atoms with Crippen molar-refractivity contribution in [2.45, 2.75) is 26.2 Å². The standard InChI is InChI=1S/C31H27N3O5/c1-22-12-14-24(15-13-22)29(35)30-33-16-18-34(30)17-6-9-23-7-5-8-25(27(23)19-32)20-38-21-28(31(36)37)39-26-10-3-2-4-11-26/h2-16,18,28H,17,20-21H2,1H3,(H,36,37). The Kier molecular flexibility index (Phi) is 9.01. The van der Waals surface area contributed by atoms with Crippen molar-refractivity contribution in [3.63, 3.8) is 0 Å². The topological polar surface area (TPSA) is 114 Å². The van der Waals surface area contributed by atoms with Gasteiger partial charge in [0.05, 0.1) is 18.8 Å². The third kappa shape index (κ3) is 7.06. The Morgan fingerprint density at radius 1 is 1.08 bits per heavy atom. The van der Waals surface area contributed by atoms with Crippen molar-refractivity contribution in [2.24, 2.45) is 0 Å². The molecule has 4 aromatic rings. The average Bonchev–Trinajstić information content (AvgIpc) is 3.41. The zero-order chi connectivity index (χ0) is 27.6. The quantitative estimate of drug-likeness (QED) is 0.259. The third-order valence-electron chi connectivity index (χ3n) is 5.95. The molecule has 1 aromatic heterocycles. The first-order valence-electron chi connectivity index (χ1n) is 12.3. The molecule has 8 nitrogen and oxygen atoms in total. The van der Waals surface area contributed by atoms with Gasteiger partial charge in [0.15, 0.2) is 5.82 Å². The van der Waals surface area contributed by atoms with Gasteiger partial charge in [0.25, 0.3) is 0 Å². The van der Waals surface area contributed by atoms with Crippen LogP contribution in [0.2, 0.25) is 0 Å². The van der Waals surface area contributed by atoms with E-state index in [1.807, 2.05) is 37.3 Å². The van der Waals surface area contributed by atoms with Gasteiger partial charge in [0.1, 0.15) is 11.8 Å². The van der Waals surface area contributed by atoms with Crippen LogP contribution in [0.5, 0.6) is 5.75 Å². The molecule has 4 rings (SSSR count). The summed E-state index contributed by atoms with van der Waals surface area (Å²) >= 11 is 0. The Hall–Kier alpha value is -5.00. The van der Waals surface area contributed by atoms with E-state index in [-0.39, 0.29) is 19.0 Å². The second kappa shape index (κ2) is 13.0. The second-order valence-corrected chi connectivity index (χ2v) is 8.77. The largest absolute Gasteiger partial charge is 0.478 e. The van der Waals surface area contributed by atoms with Crippen LogP contribution in [0.3, 0.4) is 0 Å². The van der Waals surface area contributed by atoms with E-state index < -0.39 is 12.1 Å². The number of carbonyl (C=O) groups excluding carboxylic acids is 1. The summed E-state index contributed by atoms with van der Waals surface area (Å²) < 4.78 is 12.9. The molecule has 39 heavy (non-hydrogen) atoms. The number of benzene rings is 3. The van der Waals surface area contributed by atoms with E-state index >= 15 is 0 Å². The summed E-state index contributed by atoms with van der Waals surface area (Å²) in [4.78, 5) is 28.7. The molecule has 196 valence electrons. The van der Waals surface area contributed by atoms with Crippen LogP contribution in [-0.2, 0) is 22.7 Å². The van der Waals surface area contributed by atoms with Crippen LogP contribution in [0.1, 0.15) is 38.4 Å². The van der Waals surface area contributed by atoms with Gasteiger partial charge in [-0.25, -0.2) is 9.78 Å². The predicted octanol–water partition coefficient (Wildman–Crippen LogP) is 5.06. The summed E-state index contributed by atoms with van der Waals surface area (Å²) in [5.41, 5.74) is 3.37. The molecule has 0 saturated carbocycles. The lowest BCUT2D eigenvalue weighted by atomic mass is 10.0. The molecule has 0 radical (unpaired) electrons. The first-order chi connectivity index (χ1) is 19.0. The zero-order valence-corrected chi connectivity index (χ0v) is 21.4. The molecule has 1 unspecified atom stereocenters. The molecule has 0 saturated heterocycles. The van der Waals surface area contributed by atoms with Crippen molar-refractivity contribution in [1.29, 1.82) is 5.26 Å². The van der Waals surface area contributed by atoms with Crippen molar-refractivity contribution >= 4 is 17.8 Å². The highest BCUT2D eigenvalue weighted by atomic mass is 16.5. The van der Waals surface area contributed by atoms with E-state index in [1.165, 1.54) is 0 Å². The Balaban J connectivity index is 1.40. The number of allylic oxidation sites excluding steroid dienone is 1. The van der Waals surface area contributed by atoms with Crippen LogP contribution < -0.4 is 4.74 Å². The van der Waals surface area contributed by atoms with Gasteiger partial charge in [-0.15, -0.1) is 0 Å². The van der Waals surface area contributed by atoms with Gasteiger partial charge in [-0.3, -0.25) is 4.79 Å². The summed E-state index contributed by atoms with van der Waals surface area (Å²) in [7, 11) is 0. The lowest BCUT2D eigenvalue weighted by Crippen LogP contribution is -2.32. The van der Waals surface area contributed by atoms with E-state index in [0.29, 0.717) is 40.4 Å². The molecule has 0 bridgehead atoms. The van der Waals surface area contributed by atoms with E-state index in [2.05, 4.69) is 11.1 Å². The van der Waals surface area contributed by atoms with E-state index in [9.17, 15) is 20.0 Å². The average molecular weight is 522 g/mol. The number of nitrogens with zero attached hydrogens (tertiary/aromatic N) is 3. The number of carboxylic acids is 1. The smallest absolute Gasteiger partial charge is 0.347 e. The number of imidazole rings is 1. The Morgan fingerprint density at radius 3 is 2.56 bits per heavy atom. The van der Waals surface area contributed by atoms with Gasteiger partial charge in [-0.1, -0.05) is 78.4 Å². The third-order valence-corrected chi connectivity index (χ3v) is 5.95. The first kappa shape index (κ1) is 27.0. The normalized spacial score (nSPS) is 11.7. The molecule has 0 amide bonds. The second-order valence-electron chi connectivity index (χ2n) is 8.77. The van der Waals surface area contributed by atoms with E-state index in [0.717, 1.165) is 5.56 Å². The number of ether oxygens (including phenoxy) is 2. The van der Waals surface area contributed by atoms with Crippen LogP contribution in [0.4, 0.5) is 0 Å². The van der Waals surface area contributed by atoms with Crippen molar-refractivity contribution in [1.82, 2.24) is 9.55 Å². The first-order valence-corrected chi connectivity index (χ1v) is 12.3. The molecular formula is C31H27N3O5. The minimum Gasteiger partial charge on any atom is -0.478 e. The maximum absolute atomic E-state index is 12.9. The van der Waals surface area contributed by atoms with Gasteiger partial charge < -0.3 is 19.1 Å². The number of ketones is 1. The summed E-state index contributed by atoms with van der Waals surface area (Å²) in [6.45, 7) is 2.20. The number of hydrogen-bond acceptors (Lipinski definition) is 6. The van der Waals surface area contributed by atoms with Crippen LogP contribution in [-0.4, -0.2) is 39.1 Å². The van der Waals surface area contributed by atoms with Crippen LogP contribution in [0.25, 0.3) is 6.08 Å². The number of aryl methyl sites for hydroxylation is 1. The number of para-hydroxylation sites is 1. The molecular weight excluding hydrogens is 494 g/mol. The number of aliphatic carboxylic acids is 1. The van der Waals surface area contributed by atoms with Crippen LogP contribution in [0, 0.1) is 18.3 Å². The monoisotopic (exact) mass is 521 g/mol. The van der Waals surface area contributed by atoms with Crippen molar-refractivity contribution < 1.29 is 24.2 Å². The predicted molar refractivity (Wildman–Crippen MR) is 145 cm³/mol. The molecule has 0 aliphatic carbocycles. The number of carbonyl (C=O) groups is 2. The molecule has 3 aromatic carbocycles. The number of carboxylic acid groups (broad SMARTS) is 1. The van der Waals surface area contributed by atoms with E-state index in [1.54, 1.807) is 71.6 Å². The van der Waals surface area contributed by atoms with Crippen molar-refractivity contribution in [2.75, 3.05) is 6.61 Å². The maximum Gasteiger partial charge on any atom is 0.347 e. The molecule has 0 spiro atoms. The maximum atomic E-state index is 12.9. The number of aromatic nitrogens is 2. The highest BCUT2D eigenvalue weighted by Gasteiger charge is 2.20. The minimum atomic E-state index is -1.19. The number of nitriles is 1. The van der Waals surface area contributed by atoms with Crippen molar-refractivity contribution in [3.8, 4) is 11.8 Å². The summed E-state index contributed by atoms with van der Waals surface area (Å²) in [5.74, 6) is -0.547. The van der Waals surface area contributed by atoms with Gasteiger partial charge >= 0.3 is 5.97 Å². The van der Waals surface area contributed by atoms with Gasteiger partial charge in [0.2, 0.25) is 11.9 Å². The summed E-state index contributed by atoms with van der Waals surface area (Å²) in [5, 5.41) is 19.3. The number of hydrogen-bond donors (Lipinski definition) is 1. The van der Waals surface area contributed by atoms with Gasteiger partial charge in [-0.2, -0.15) is 5.26 Å². The van der Waals surface area contributed by atoms with E-state index in [4.69, 9.17) is 9.47 Å². The Morgan fingerprint density at radius 2 is 1.85 bits per heavy atom. The lowest BCUT2D eigenvalue weighted by Gasteiger charge is -2.16.